The molecule has 1 fully saturated rings. The van der Waals surface area contributed by atoms with Gasteiger partial charge in [0.2, 0.25) is 0 Å². The Balaban J connectivity index is 2.03. The van der Waals surface area contributed by atoms with Crippen molar-refractivity contribution in [3.8, 4) is 16.9 Å². The van der Waals surface area contributed by atoms with Crippen LogP contribution < -0.4 is 16.0 Å². The molecule has 0 radical (unpaired) electrons. The number of nitrogens with zero attached hydrogens (tertiary/aromatic N) is 2. The first-order valence-corrected chi connectivity index (χ1v) is 8.97. The minimum atomic E-state index is -0.411. The predicted molar refractivity (Wildman–Crippen MR) is 101 cm³/mol. The van der Waals surface area contributed by atoms with Gasteiger partial charge in [0.25, 0.3) is 5.56 Å². The van der Waals surface area contributed by atoms with Crippen molar-refractivity contribution in [2.75, 3.05) is 7.11 Å². The lowest BCUT2D eigenvalue weighted by Crippen LogP contribution is -2.34. The number of hydrogen-bond acceptors (Lipinski definition) is 4. The molecule has 1 aromatic carbocycles. The Morgan fingerprint density at radius 2 is 1.85 bits per heavy atom. The van der Waals surface area contributed by atoms with Gasteiger partial charge in [0.1, 0.15) is 11.4 Å². The van der Waals surface area contributed by atoms with E-state index in [2.05, 4.69) is 9.97 Å². The van der Waals surface area contributed by atoms with Crippen LogP contribution in [0, 0.1) is 0 Å². The van der Waals surface area contributed by atoms with E-state index < -0.39 is 5.56 Å². The van der Waals surface area contributed by atoms with Crippen LogP contribution in [0.25, 0.3) is 22.2 Å². The molecule has 6 nitrogen and oxygen atoms in total. The first kappa shape index (κ1) is 16.6. The molecule has 0 bridgehead atoms. The zero-order chi connectivity index (χ0) is 18.1. The number of nitrogens with one attached hydrogen (secondary N) is 1. The van der Waals surface area contributed by atoms with E-state index in [9.17, 15) is 9.59 Å². The van der Waals surface area contributed by atoms with Crippen molar-refractivity contribution in [2.24, 2.45) is 0 Å². The number of hydrogen-bond donors (Lipinski definition) is 1. The molecule has 0 saturated heterocycles. The van der Waals surface area contributed by atoms with Gasteiger partial charge in [0.15, 0.2) is 0 Å². The fourth-order valence-electron chi connectivity index (χ4n) is 3.94. The molecule has 0 unspecified atom stereocenters. The fraction of sp³-hybridized carbons (Fsp3) is 0.350. The summed E-state index contributed by atoms with van der Waals surface area (Å²) in [6.07, 6.45) is 6.88. The maximum atomic E-state index is 12.7. The number of aromatic amines is 1. The van der Waals surface area contributed by atoms with Crippen molar-refractivity contribution in [3.05, 3.63) is 57.4 Å². The number of benzene rings is 1. The molecule has 3 aromatic rings. The highest BCUT2D eigenvalue weighted by molar-refractivity contribution is 5.93. The van der Waals surface area contributed by atoms with Gasteiger partial charge in [0, 0.05) is 23.4 Å². The van der Waals surface area contributed by atoms with Crippen LogP contribution in [0.15, 0.2) is 46.1 Å². The molecule has 1 saturated carbocycles. The van der Waals surface area contributed by atoms with E-state index in [1.807, 2.05) is 24.3 Å². The molecule has 0 spiro atoms. The Bertz CT molecular complexity index is 1060. The Morgan fingerprint density at radius 1 is 1.08 bits per heavy atom. The molecular formula is C20H21N3O3. The van der Waals surface area contributed by atoms with Crippen LogP contribution in [0.1, 0.15) is 38.1 Å². The van der Waals surface area contributed by atoms with Crippen LogP contribution in [0.4, 0.5) is 0 Å². The van der Waals surface area contributed by atoms with Crippen molar-refractivity contribution in [3.63, 3.8) is 0 Å². The monoisotopic (exact) mass is 351 g/mol. The SMILES string of the molecule is COc1ccccc1-c1ccnc2c1c(=O)[nH]c(=O)n2C1CCCCC1. The van der Waals surface area contributed by atoms with Crippen LogP contribution in [-0.4, -0.2) is 21.6 Å². The highest BCUT2D eigenvalue weighted by atomic mass is 16.5. The van der Waals surface area contributed by atoms with Crippen molar-refractivity contribution in [2.45, 2.75) is 38.1 Å². The number of para-hydroxylation sites is 1. The predicted octanol–water partition coefficient (Wildman–Crippen LogP) is 3.27. The standard InChI is InChI=1S/C20H21N3O3/c1-26-16-10-6-5-9-14(16)15-11-12-21-18-17(15)19(24)22-20(25)23(18)13-7-3-2-4-8-13/h5-6,9-13H,2-4,7-8H2,1H3,(H,22,24,25). The van der Waals surface area contributed by atoms with E-state index in [1.165, 1.54) is 6.42 Å². The van der Waals surface area contributed by atoms with Gasteiger partial charge >= 0.3 is 5.69 Å². The summed E-state index contributed by atoms with van der Waals surface area (Å²) in [6, 6.07) is 9.42. The van der Waals surface area contributed by atoms with Crippen LogP contribution in [0.2, 0.25) is 0 Å². The Hall–Kier alpha value is -2.89. The zero-order valence-electron chi connectivity index (χ0n) is 14.7. The second-order valence-electron chi connectivity index (χ2n) is 6.68. The molecule has 1 aliphatic carbocycles. The van der Waals surface area contributed by atoms with Gasteiger partial charge in [-0.25, -0.2) is 9.78 Å². The second-order valence-corrected chi connectivity index (χ2v) is 6.68. The first-order chi connectivity index (χ1) is 12.7. The molecule has 0 aliphatic heterocycles. The van der Waals surface area contributed by atoms with Crippen molar-refractivity contribution < 1.29 is 4.74 Å². The summed E-state index contributed by atoms with van der Waals surface area (Å²) in [4.78, 5) is 32.2. The normalized spacial score (nSPS) is 15.3. The van der Waals surface area contributed by atoms with Crippen molar-refractivity contribution in [1.82, 2.24) is 14.5 Å². The van der Waals surface area contributed by atoms with Gasteiger partial charge in [-0.3, -0.25) is 14.3 Å². The number of aromatic nitrogens is 3. The van der Waals surface area contributed by atoms with Gasteiger partial charge in [-0.1, -0.05) is 37.5 Å². The molecular weight excluding hydrogens is 330 g/mol. The van der Waals surface area contributed by atoms with Gasteiger partial charge in [-0.15, -0.1) is 0 Å². The third kappa shape index (κ3) is 2.71. The molecule has 6 heteroatoms. The molecule has 2 heterocycles. The van der Waals surface area contributed by atoms with Gasteiger partial charge in [-0.2, -0.15) is 0 Å². The fourth-order valence-corrected chi connectivity index (χ4v) is 3.94. The third-order valence-electron chi connectivity index (χ3n) is 5.16. The third-order valence-corrected chi connectivity index (χ3v) is 5.16. The maximum Gasteiger partial charge on any atom is 0.330 e. The highest BCUT2D eigenvalue weighted by Crippen LogP contribution is 2.34. The molecule has 2 aromatic heterocycles. The van der Waals surface area contributed by atoms with E-state index in [0.717, 1.165) is 36.8 Å². The number of H-pyrrole nitrogens is 1. The van der Waals surface area contributed by atoms with Crippen LogP contribution in [0.3, 0.4) is 0 Å². The van der Waals surface area contributed by atoms with E-state index in [0.29, 0.717) is 16.8 Å². The minimum absolute atomic E-state index is 0.0796. The summed E-state index contributed by atoms with van der Waals surface area (Å²) in [5, 5.41) is 0.433. The number of fused-ring (bicyclic) bond motifs is 1. The van der Waals surface area contributed by atoms with Crippen LogP contribution in [-0.2, 0) is 0 Å². The average molecular weight is 351 g/mol. The lowest BCUT2D eigenvalue weighted by molar-refractivity contribution is 0.349. The van der Waals surface area contributed by atoms with E-state index in [4.69, 9.17) is 4.74 Å². The Morgan fingerprint density at radius 3 is 2.62 bits per heavy atom. The second kappa shape index (κ2) is 6.78. The summed E-state index contributed by atoms with van der Waals surface area (Å²) in [7, 11) is 1.60. The van der Waals surface area contributed by atoms with E-state index in [1.54, 1.807) is 23.9 Å². The molecule has 1 N–H and O–H groups in total. The van der Waals surface area contributed by atoms with Crippen LogP contribution in [0.5, 0.6) is 5.75 Å². The largest absolute Gasteiger partial charge is 0.496 e. The van der Waals surface area contributed by atoms with Gasteiger partial charge in [0.05, 0.1) is 12.5 Å². The lowest BCUT2D eigenvalue weighted by Gasteiger charge is -2.24. The Labute approximate surface area is 150 Å². The Kier molecular flexibility index (Phi) is 4.32. The molecule has 0 amide bonds. The van der Waals surface area contributed by atoms with E-state index in [-0.39, 0.29) is 11.7 Å². The summed E-state index contributed by atoms with van der Waals surface area (Å²) >= 11 is 0. The molecule has 134 valence electrons. The summed E-state index contributed by atoms with van der Waals surface area (Å²) < 4.78 is 7.13. The van der Waals surface area contributed by atoms with Gasteiger partial charge in [-0.05, 0) is 25.0 Å². The van der Waals surface area contributed by atoms with E-state index >= 15 is 0 Å². The summed E-state index contributed by atoms with van der Waals surface area (Å²) in [6.45, 7) is 0. The number of pyridine rings is 1. The van der Waals surface area contributed by atoms with Crippen molar-refractivity contribution >= 4 is 11.0 Å². The van der Waals surface area contributed by atoms with Crippen molar-refractivity contribution in [1.29, 1.82) is 0 Å². The highest BCUT2D eigenvalue weighted by Gasteiger charge is 2.22. The number of rotatable bonds is 3. The first-order valence-electron chi connectivity index (χ1n) is 8.97. The molecule has 1 aliphatic rings. The smallest absolute Gasteiger partial charge is 0.330 e. The zero-order valence-corrected chi connectivity index (χ0v) is 14.7. The lowest BCUT2D eigenvalue weighted by atomic mass is 9.95. The number of ether oxygens (including phenoxy) is 1. The summed E-state index contributed by atoms with van der Waals surface area (Å²) in [5.41, 5.74) is 1.19. The molecule has 0 atom stereocenters. The average Bonchev–Trinajstić information content (AvgIpc) is 2.68. The minimum Gasteiger partial charge on any atom is -0.496 e. The summed E-state index contributed by atoms with van der Waals surface area (Å²) in [5.74, 6) is 0.676. The molecule has 26 heavy (non-hydrogen) atoms. The quantitative estimate of drug-likeness (QED) is 0.786. The van der Waals surface area contributed by atoms with Gasteiger partial charge < -0.3 is 4.74 Å². The maximum absolute atomic E-state index is 12.7. The molecule has 4 rings (SSSR count). The number of methoxy groups -OCH3 is 1. The topological polar surface area (TPSA) is 77.0 Å². The van der Waals surface area contributed by atoms with Crippen LogP contribution >= 0.6 is 0 Å².